The summed E-state index contributed by atoms with van der Waals surface area (Å²) in [7, 11) is 0. The van der Waals surface area contributed by atoms with Crippen molar-refractivity contribution in [2.45, 2.75) is 31.8 Å². The van der Waals surface area contributed by atoms with Crippen molar-refractivity contribution >= 4 is 21.6 Å². The smallest absolute Gasteiger partial charge is 0.370 e. The molecule has 0 aromatic heterocycles. The average molecular weight is 363 g/mol. The van der Waals surface area contributed by atoms with E-state index < -0.39 is 11.7 Å². The third kappa shape index (κ3) is 5.24. The zero-order chi connectivity index (χ0) is 16.0. The van der Waals surface area contributed by atoms with Gasteiger partial charge in [0.15, 0.2) is 0 Å². The Morgan fingerprint density at radius 2 is 2.00 bits per heavy atom. The molecule has 6 heteroatoms. The third-order valence-electron chi connectivity index (χ3n) is 2.99. The number of hydrogen-bond acceptors (Lipinski definition) is 2. The highest BCUT2D eigenvalue weighted by molar-refractivity contribution is 9.08. The second-order valence-electron chi connectivity index (χ2n) is 5.22. The molecule has 0 saturated heterocycles. The standard InChI is InChI=1S/C15H18BrF3N2/c1-11(2)10-21(7-3-6-20)13-5-4-12(9-16)14(8-13)15(17,18)19/h4-5,8,11H,3,7,9-10H2,1-2H3. The highest BCUT2D eigenvalue weighted by Crippen LogP contribution is 2.35. The monoisotopic (exact) mass is 362 g/mol. The fourth-order valence-corrected chi connectivity index (χ4v) is 2.58. The highest BCUT2D eigenvalue weighted by atomic mass is 79.9. The Kier molecular flexibility index (Phi) is 6.53. The van der Waals surface area contributed by atoms with E-state index in [9.17, 15) is 13.2 Å². The molecule has 0 heterocycles. The van der Waals surface area contributed by atoms with Crippen LogP contribution in [-0.2, 0) is 11.5 Å². The van der Waals surface area contributed by atoms with Gasteiger partial charge in [-0.15, -0.1) is 0 Å². The van der Waals surface area contributed by atoms with Crippen LogP contribution in [0.5, 0.6) is 0 Å². The topological polar surface area (TPSA) is 27.0 Å². The van der Waals surface area contributed by atoms with E-state index >= 15 is 0 Å². The van der Waals surface area contributed by atoms with Crippen molar-refractivity contribution in [1.29, 1.82) is 5.26 Å². The lowest BCUT2D eigenvalue weighted by Gasteiger charge is -2.27. The van der Waals surface area contributed by atoms with Crippen molar-refractivity contribution < 1.29 is 13.2 Å². The molecule has 0 fully saturated rings. The van der Waals surface area contributed by atoms with Gasteiger partial charge in [0.05, 0.1) is 18.1 Å². The Balaban J connectivity index is 3.17. The van der Waals surface area contributed by atoms with E-state index in [-0.39, 0.29) is 17.3 Å². The van der Waals surface area contributed by atoms with Crippen LogP contribution in [0.15, 0.2) is 18.2 Å². The fourth-order valence-electron chi connectivity index (χ4n) is 2.09. The third-order valence-corrected chi connectivity index (χ3v) is 3.59. The number of benzene rings is 1. The number of halogens is 4. The van der Waals surface area contributed by atoms with Gasteiger partial charge in [-0.2, -0.15) is 18.4 Å². The van der Waals surface area contributed by atoms with Gasteiger partial charge in [0.1, 0.15) is 0 Å². The Labute approximate surface area is 131 Å². The fraction of sp³-hybridized carbons (Fsp3) is 0.533. The van der Waals surface area contributed by atoms with Gasteiger partial charge in [-0.1, -0.05) is 35.8 Å². The van der Waals surface area contributed by atoms with Crippen LogP contribution in [0.4, 0.5) is 18.9 Å². The summed E-state index contributed by atoms with van der Waals surface area (Å²) in [4.78, 5) is 1.83. The van der Waals surface area contributed by atoms with Crippen LogP contribution in [0.2, 0.25) is 0 Å². The molecule has 0 saturated carbocycles. The number of alkyl halides is 4. The SMILES string of the molecule is CC(C)CN(CCC#N)c1ccc(CBr)c(C(F)(F)F)c1. The number of anilines is 1. The van der Waals surface area contributed by atoms with Crippen LogP contribution in [0, 0.1) is 17.2 Å². The first-order chi connectivity index (χ1) is 9.79. The van der Waals surface area contributed by atoms with E-state index in [1.165, 1.54) is 12.1 Å². The van der Waals surface area contributed by atoms with Crippen molar-refractivity contribution in [2.24, 2.45) is 5.92 Å². The van der Waals surface area contributed by atoms with Gasteiger partial charge in [0.2, 0.25) is 0 Å². The second-order valence-corrected chi connectivity index (χ2v) is 5.78. The minimum absolute atomic E-state index is 0.157. The van der Waals surface area contributed by atoms with E-state index in [0.29, 0.717) is 24.7 Å². The minimum atomic E-state index is -4.38. The van der Waals surface area contributed by atoms with E-state index in [4.69, 9.17) is 5.26 Å². The van der Waals surface area contributed by atoms with Crippen molar-refractivity contribution in [3.8, 4) is 6.07 Å². The van der Waals surface area contributed by atoms with Gasteiger partial charge in [0.25, 0.3) is 0 Å². The van der Waals surface area contributed by atoms with Crippen LogP contribution < -0.4 is 4.90 Å². The molecule has 1 aromatic rings. The molecule has 0 aliphatic rings. The average Bonchev–Trinajstić information content (AvgIpc) is 2.41. The number of hydrogen-bond donors (Lipinski definition) is 0. The van der Waals surface area contributed by atoms with E-state index in [2.05, 4.69) is 15.9 Å². The molecule has 0 bridgehead atoms. The number of nitriles is 1. The Bertz CT molecular complexity index is 507. The largest absolute Gasteiger partial charge is 0.416 e. The Hall–Kier alpha value is -1.22. The maximum Gasteiger partial charge on any atom is 0.416 e. The molecule has 0 aliphatic heterocycles. The Morgan fingerprint density at radius 1 is 1.33 bits per heavy atom. The summed E-state index contributed by atoms with van der Waals surface area (Å²) in [5.74, 6) is 0.300. The first kappa shape index (κ1) is 17.8. The first-order valence-electron chi connectivity index (χ1n) is 6.67. The van der Waals surface area contributed by atoms with Crippen LogP contribution in [0.25, 0.3) is 0 Å². The number of rotatable bonds is 6. The zero-order valence-electron chi connectivity index (χ0n) is 12.0. The molecule has 0 atom stereocenters. The molecule has 21 heavy (non-hydrogen) atoms. The molecule has 1 rings (SSSR count). The normalized spacial score (nSPS) is 11.5. The lowest BCUT2D eigenvalue weighted by atomic mass is 10.1. The van der Waals surface area contributed by atoms with E-state index in [1.807, 2.05) is 24.8 Å². The van der Waals surface area contributed by atoms with Gasteiger partial charge in [0, 0.05) is 24.1 Å². The lowest BCUT2D eigenvalue weighted by Crippen LogP contribution is -2.29. The lowest BCUT2D eigenvalue weighted by molar-refractivity contribution is -0.138. The van der Waals surface area contributed by atoms with Crippen LogP contribution >= 0.6 is 15.9 Å². The molecule has 1 aromatic carbocycles. The second kappa shape index (κ2) is 7.69. The summed E-state index contributed by atoms with van der Waals surface area (Å²) in [6.45, 7) is 5.04. The molecule has 0 unspecified atom stereocenters. The summed E-state index contributed by atoms with van der Waals surface area (Å²) >= 11 is 3.09. The maximum absolute atomic E-state index is 13.1. The summed E-state index contributed by atoms with van der Waals surface area (Å²) in [6, 6.07) is 6.39. The molecular weight excluding hydrogens is 345 g/mol. The molecule has 2 nitrogen and oxygen atoms in total. The van der Waals surface area contributed by atoms with Gasteiger partial charge in [-0.3, -0.25) is 0 Å². The molecule has 0 N–H and O–H groups in total. The minimum Gasteiger partial charge on any atom is -0.370 e. The molecular formula is C15H18BrF3N2. The molecule has 0 amide bonds. The summed E-state index contributed by atoms with van der Waals surface area (Å²) in [6.07, 6.45) is -4.09. The molecule has 116 valence electrons. The van der Waals surface area contributed by atoms with Crippen molar-refractivity contribution in [3.05, 3.63) is 29.3 Å². The van der Waals surface area contributed by atoms with Crippen molar-refractivity contribution in [2.75, 3.05) is 18.0 Å². The summed E-state index contributed by atoms with van der Waals surface area (Å²) in [5.41, 5.74) is 0.106. The van der Waals surface area contributed by atoms with E-state index in [1.54, 1.807) is 6.07 Å². The maximum atomic E-state index is 13.1. The molecule has 0 aliphatic carbocycles. The molecule has 0 spiro atoms. The van der Waals surface area contributed by atoms with Crippen LogP contribution in [0.3, 0.4) is 0 Å². The van der Waals surface area contributed by atoms with E-state index in [0.717, 1.165) is 0 Å². The van der Waals surface area contributed by atoms with Crippen molar-refractivity contribution in [1.82, 2.24) is 0 Å². The number of nitrogens with zero attached hydrogens (tertiary/aromatic N) is 2. The predicted octanol–water partition coefficient (Wildman–Crippen LogP) is 4.98. The summed E-state index contributed by atoms with van der Waals surface area (Å²) < 4.78 is 39.3. The van der Waals surface area contributed by atoms with Gasteiger partial charge < -0.3 is 4.90 Å². The zero-order valence-corrected chi connectivity index (χ0v) is 13.6. The van der Waals surface area contributed by atoms with Crippen LogP contribution in [-0.4, -0.2) is 13.1 Å². The van der Waals surface area contributed by atoms with Gasteiger partial charge >= 0.3 is 6.18 Å². The van der Waals surface area contributed by atoms with Crippen LogP contribution in [0.1, 0.15) is 31.4 Å². The van der Waals surface area contributed by atoms with Crippen molar-refractivity contribution in [3.63, 3.8) is 0 Å². The predicted molar refractivity (Wildman–Crippen MR) is 81.4 cm³/mol. The quantitative estimate of drug-likeness (QED) is 0.667. The van der Waals surface area contributed by atoms with Gasteiger partial charge in [-0.05, 0) is 23.6 Å². The molecule has 0 radical (unpaired) electrons. The highest BCUT2D eigenvalue weighted by Gasteiger charge is 2.33. The first-order valence-corrected chi connectivity index (χ1v) is 7.79. The van der Waals surface area contributed by atoms with Gasteiger partial charge in [-0.25, -0.2) is 0 Å². The Morgan fingerprint density at radius 3 is 2.48 bits per heavy atom. The summed E-state index contributed by atoms with van der Waals surface area (Å²) in [5, 5.41) is 8.86.